The van der Waals surface area contributed by atoms with Gasteiger partial charge in [0.1, 0.15) is 12.1 Å². The molecule has 0 bridgehead atoms. The number of nitrogens with one attached hydrogen (secondary N) is 4. The Balaban J connectivity index is 1.41. The Morgan fingerprint density at radius 1 is 0.815 bits per heavy atom. The van der Waals surface area contributed by atoms with E-state index in [0.29, 0.717) is 38.6 Å². The van der Waals surface area contributed by atoms with Gasteiger partial charge in [-0.3, -0.25) is 19.2 Å². The van der Waals surface area contributed by atoms with Gasteiger partial charge in [0.2, 0.25) is 17.6 Å². The number of hydrogen-bond acceptors (Lipinski definition) is 7. The normalized spacial score (nSPS) is 25.6. The Bertz CT molecular complexity index is 1520. The van der Waals surface area contributed by atoms with E-state index in [-0.39, 0.29) is 35.0 Å². The van der Waals surface area contributed by atoms with Crippen LogP contribution in [0.15, 0.2) is 0 Å². The molecular weight excluding hydrogens is 707 g/mol. The molecule has 1 heterocycles. The molecule has 1 saturated heterocycles. The highest BCUT2D eigenvalue weighted by atomic mass is 32.2. The van der Waals surface area contributed by atoms with Crippen LogP contribution in [-0.2, 0) is 29.0 Å². The van der Waals surface area contributed by atoms with Gasteiger partial charge in [-0.05, 0) is 94.3 Å². The number of carbonyl (C=O) groups is 5. The number of likely N-dealkylation sites (tertiary alicyclic amines) is 1. The van der Waals surface area contributed by atoms with Crippen molar-refractivity contribution in [2.45, 2.75) is 192 Å². The van der Waals surface area contributed by atoms with Crippen LogP contribution in [0.2, 0.25) is 0 Å². The molecule has 1 aliphatic heterocycles. The van der Waals surface area contributed by atoms with Crippen LogP contribution in [0.1, 0.15) is 158 Å². The molecule has 13 heteroatoms. The van der Waals surface area contributed by atoms with Crippen LogP contribution in [0.5, 0.6) is 0 Å². The molecule has 5 fully saturated rings. The first-order chi connectivity index (χ1) is 25.2. The summed E-state index contributed by atoms with van der Waals surface area (Å²) in [7, 11) is -3.58. The Morgan fingerprint density at radius 2 is 1.41 bits per heavy atom. The fraction of sp³-hybridized carbons (Fsp3) is 0.878. The Hall–Kier alpha value is -2.70. The topological polar surface area (TPSA) is 171 Å². The molecule has 12 nitrogen and oxygen atoms in total. The Kier molecular flexibility index (Phi) is 12.9. The van der Waals surface area contributed by atoms with Gasteiger partial charge in [0, 0.05) is 12.6 Å². The van der Waals surface area contributed by atoms with E-state index in [2.05, 4.69) is 21.3 Å². The van der Waals surface area contributed by atoms with Crippen LogP contribution in [-0.4, -0.2) is 89.6 Å². The number of hydrogen-bond donors (Lipinski definition) is 4. The van der Waals surface area contributed by atoms with Crippen molar-refractivity contribution in [1.82, 2.24) is 26.2 Å². The third-order valence-electron chi connectivity index (χ3n) is 13.7. The zero-order valence-electron chi connectivity index (χ0n) is 34.1. The first-order valence-corrected chi connectivity index (χ1v) is 22.6. The van der Waals surface area contributed by atoms with E-state index in [0.717, 1.165) is 77.0 Å². The zero-order valence-corrected chi connectivity index (χ0v) is 34.9. The van der Waals surface area contributed by atoms with Crippen LogP contribution < -0.4 is 21.3 Å². The van der Waals surface area contributed by atoms with Crippen molar-refractivity contribution >= 4 is 39.4 Å². The summed E-state index contributed by atoms with van der Waals surface area (Å²) in [5, 5.41) is 11.9. The van der Waals surface area contributed by atoms with Crippen LogP contribution in [0, 0.1) is 22.7 Å². The van der Waals surface area contributed by atoms with E-state index in [9.17, 15) is 27.6 Å². The van der Waals surface area contributed by atoms with Crippen molar-refractivity contribution in [3.8, 4) is 0 Å². The molecule has 4 N–H and O–H groups in total. The largest absolute Gasteiger partial charge is 0.347 e. The second kappa shape index (κ2) is 16.4. The predicted octanol–water partition coefficient (Wildman–Crippen LogP) is 5.33. The number of rotatable bonds is 15. The highest BCUT2D eigenvalue weighted by Crippen LogP contribution is 2.44. The van der Waals surface area contributed by atoms with Crippen molar-refractivity contribution in [2.75, 3.05) is 12.3 Å². The highest BCUT2D eigenvalue weighted by molar-refractivity contribution is 7.92. The lowest BCUT2D eigenvalue weighted by Gasteiger charge is -2.44. The van der Waals surface area contributed by atoms with Gasteiger partial charge in [-0.1, -0.05) is 86.0 Å². The molecule has 0 radical (unpaired) electrons. The summed E-state index contributed by atoms with van der Waals surface area (Å²) in [6.45, 7) is 13.8. The summed E-state index contributed by atoms with van der Waals surface area (Å²) in [6, 6.07) is -3.38. The molecule has 0 aromatic heterocycles. The van der Waals surface area contributed by atoms with Gasteiger partial charge in [0.05, 0.1) is 22.1 Å². The van der Waals surface area contributed by atoms with Crippen LogP contribution in [0.25, 0.3) is 0 Å². The maximum Gasteiger partial charge on any atom is 0.315 e. The van der Waals surface area contributed by atoms with Gasteiger partial charge in [0.25, 0.3) is 5.91 Å². The third-order valence-corrected chi connectivity index (χ3v) is 16.6. The van der Waals surface area contributed by atoms with Crippen molar-refractivity contribution < 1.29 is 32.4 Å². The first-order valence-electron chi connectivity index (χ1n) is 21.0. The third kappa shape index (κ3) is 9.99. The number of carbonyl (C=O) groups excluding carboxylic acids is 5. The van der Waals surface area contributed by atoms with Crippen molar-refractivity contribution in [3.63, 3.8) is 0 Å². The molecule has 5 rings (SSSR count). The molecule has 54 heavy (non-hydrogen) atoms. The van der Waals surface area contributed by atoms with E-state index >= 15 is 4.79 Å². The number of ketones is 1. The summed E-state index contributed by atoms with van der Waals surface area (Å²) < 4.78 is 26.5. The van der Waals surface area contributed by atoms with Gasteiger partial charge >= 0.3 is 6.03 Å². The molecule has 5 amide bonds. The lowest BCUT2D eigenvalue weighted by molar-refractivity contribution is -0.146. The number of amides is 5. The van der Waals surface area contributed by atoms with Crippen LogP contribution in [0.3, 0.4) is 0 Å². The molecular formula is C41H69N5O7S. The smallest absolute Gasteiger partial charge is 0.315 e. The molecule has 306 valence electrons. The van der Waals surface area contributed by atoms with Gasteiger partial charge in [0.15, 0.2) is 9.84 Å². The number of Topliss-reactive ketones (excluding diaryl/α,β-unsaturated/α-hetero) is 1. The molecule has 4 saturated carbocycles. The minimum Gasteiger partial charge on any atom is -0.347 e. The second-order valence-electron chi connectivity index (χ2n) is 19.5. The fourth-order valence-electron chi connectivity index (χ4n) is 9.16. The summed E-state index contributed by atoms with van der Waals surface area (Å²) in [5.74, 6) is -2.22. The van der Waals surface area contributed by atoms with Crippen molar-refractivity contribution in [2.24, 2.45) is 22.7 Å². The van der Waals surface area contributed by atoms with E-state index in [1.807, 2.05) is 34.6 Å². The van der Waals surface area contributed by atoms with E-state index in [1.165, 1.54) is 0 Å². The SMILES string of the molecule is CCC(C)(C)S(=O)(=O)CC1(NC(=O)N[C@H](C(=O)N2CCC(C(C)(C)C)C2C(=O)NC(CC2CC2)C(=O)C(=O)NC2CC2)C2(C)CCCCC2)CCCCC1. The Morgan fingerprint density at radius 3 is 1.94 bits per heavy atom. The lowest BCUT2D eigenvalue weighted by Crippen LogP contribution is -2.65. The summed E-state index contributed by atoms with van der Waals surface area (Å²) in [6.07, 6.45) is 12.9. The molecule has 4 atom stereocenters. The second-order valence-corrected chi connectivity index (χ2v) is 22.2. The summed E-state index contributed by atoms with van der Waals surface area (Å²) in [4.78, 5) is 71.7. The van der Waals surface area contributed by atoms with E-state index in [1.54, 1.807) is 18.7 Å². The van der Waals surface area contributed by atoms with Crippen molar-refractivity contribution in [1.29, 1.82) is 0 Å². The van der Waals surface area contributed by atoms with E-state index < -0.39 is 67.3 Å². The first kappa shape index (κ1) is 42.4. The molecule has 5 aliphatic rings. The average molecular weight is 776 g/mol. The Labute approximate surface area is 324 Å². The van der Waals surface area contributed by atoms with Crippen LogP contribution >= 0.6 is 0 Å². The summed E-state index contributed by atoms with van der Waals surface area (Å²) in [5.41, 5.74) is -1.90. The molecule has 0 spiro atoms. The van der Waals surface area contributed by atoms with Crippen molar-refractivity contribution in [3.05, 3.63) is 0 Å². The summed E-state index contributed by atoms with van der Waals surface area (Å²) >= 11 is 0. The maximum absolute atomic E-state index is 15.1. The van der Waals surface area contributed by atoms with Gasteiger partial charge in [-0.2, -0.15) is 0 Å². The molecule has 3 unspecified atom stereocenters. The van der Waals surface area contributed by atoms with Gasteiger partial charge in [-0.15, -0.1) is 0 Å². The minimum absolute atomic E-state index is 0.00954. The quantitative estimate of drug-likeness (QED) is 0.163. The number of sulfone groups is 1. The van der Waals surface area contributed by atoms with Gasteiger partial charge in [-0.25, -0.2) is 13.2 Å². The molecule has 4 aliphatic carbocycles. The zero-order chi connectivity index (χ0) is 39.7. The molecule has 0 aromatic carbocycles. The standard InChI is InChI=1S/C41H69N5O7S/c1-8-39(5,6)54(52,53)26-41(22-13-10-14-23-41)45-37(51)44-33(40(7)20-11-9-12-21-40)36(50)46-24-19-29(38(2,3)4)31(46)34(48)43-30(25-27-15-16-27)32(47)35(49)42-28-17-18-28/h27-31,33H,8-26H2,1-7H3,(H,42,49)(H,43,48)(H2,44,45,51)/t29?,30?,31?,33-/m1/s1. The lowest BCUT2D eigenvalue weighted by atomic mass is 9.70. The monoisotopic (exact) mass is 775 g/mol. The number of urea groups is 1. The maximum atomic E-state index is 15.1. The fourth-order valence-corrected chi connectivity index (χ4v) is 11.1. The average Bonchev–Trinajstić information content (AvgIpc) is 4.04. The minimum atomic E-state index is -3.58. The highest BCUT2D eigenvalue weighted by Gasteiger charge is 2.52. The molecule has 0 aromatic rings. The number of nitrogens with zero attached hydrogens (tertiary/aromatic N) is 1. The predicted molar refractivity (Wildman–Crippen MR) is 209 cm³/mol. The van der Waals surface area contributed by atoms with E-state index in [4.69, 9.17) is 0 Å². The van der Waals surface area contributed by atoms with Gasteiger partial charge < -0.3 is 26.2 Å². The van der Waals surface area contributed by atoms with Crippen LogP contribution in [0.4, 0.5) is 4.79 Å².